The molecular formula is C10H13ClN4S. The lowest BCUT2D eigenvalue weighted by Gasteiger charge is -1.95. The Kier molecular flexibility index (Phi) is 3.25. The van der Waals surface area contributed by atoms with Crippen molar-refractivity contribution in [2.75, 3.05) is 0 Å². The predicted octanol–water partition coefficient (Wildman–Crippen LogP) is 2.70. The molecule has 2 aromatic heterocycles. The van der Waals surface area contributed by atoms with Crippen molar-refractivity contribution in [3.63, 3.8) is 0 Å². The second-order valence-corrected chi connectivity index (χ2v) is 5.65. The average Bonchev–Trinajstić information content (AvgIpc) is 2.76. The maximum atomic E-state index is 5.92. The molecule has 0 amide bonds. The van der Waals surface area contributed by atoms with Gasteiger partial charge in [0.05, 0.1) is 23.8 Å². The van der Waals surface area contributed by atoms with E-state index in [1.807, 2.05) is 20.0 Å². The van der Waals surface area contributed by atoms with Gasteiger partial charge in [0.25, 0.3) is 0 Å². The maximum absolute atomic E-state index is 5.92. The molecule has 1 unspecified atom stereocenters. The number of thiazole rings is 1. The first kappa shape index (κ1) is 11.5. The molecule has 0 radical (unpaired) electrons. The summed E-state index contributed by atoms with van der Waals surface area (Å²) in [6, 6.07) is 0. The van der Waals surface area contributed by atoms with E-state index in [2.05, 4.69) is 22.2 Å². The molecule has 2 aromatic rings. The maximum Gasteiger partial charge on any atom is 0.115 e. The van der Waals surface area contributed by atoms with Crippen LogP contribution in [-0.4, -0.2) is 20.0 Å². The first-order valence-corrected chi connectivity index (χ1v) is 6.28. The van der Waals surface area contributed by atoms with E-state index in [9.17, 15) is 0 Å². The van der Waals surface area contributed by atoms with Gasteiger partial charge in [0.15, 0.2) is 0 Å². The Balaban J connectivity index is 2.14. The monoisotopic (exact) mass is 256 g/mol. The third-order valence-corrected chi connectivity index (χ3v) is 3.62. The van der Waals surface area contributed by atoms with Gasteiger partial charge in [-0.2, -0.15) is 0 Å². The molecule has 0 aliphatic heterocycles. The van der Waals surface area contributed by atoms with Gasteiger partial charge < -0.3 is 0 Å². The van der Waals surface area contributed by atoms with Crippen LogP contribution >= 0.6 is 22.9 Å². The Morgan fingerprint density at radius 3 is 2.75 bits per heavy atom. The number of aromatic nitrogens is 4. The Labute approximate surface area is 103 Å². The summed E-state index contributed by atoms with van der Waals surface area (Å²) in [5, 5.41) is 8.97. The largest absolute Gasteiger partial charge is 0.245 e. The summed E-state index contributed by atoms with van der Waals surface area (Å²) >= 11 is 7.61. The highest BCUT2D eigenvalue weighted by Gasteiger charge is 2.09. The molecule has 2 heterocycles. The van der Waals surface area contributed by atoms with Crippen molar-refractivity contribution in [1.29, 1.82) is 0 Å². The molecule has 0 fully saturated rings. The molecule has 6 heteroatoms. The molecule has 0 aliphatic rings. The van der Waals surface area contributed by atoms with E-state index in [-0.39, 0.29) is 5.38 Å². The fourth-order valence-electron chi connectivity index (χ4n) is 1.32. The van der Waals surface area contributed by atoms with Crippen LogP contribution in [0.3, 0.4) is 0 Å². The minimum atomic E-state index is -0.103. The number of hydrogen-bond acceptors (Lipinski definition) is 4. The highest BCUT2D eigenvalue weighted by Crippen LogP contribution is 2.19. The van der Waals surface area contributed by atoms with Crippen molar-refractivity contribution in [2.45, 2.75) is 32.7 Å². The van der Waals surface area contributed by atoms with E-state index in [4.69, 9.17) is 11.6 Å². The van der Waals surface area contributed by atoms with Crippen LogP contribution < -0.4 is 0 Å². The molecule has 0 spiro atoms. The Bertz CT molecular complexity index is 469. The number of rotatable bonds is 3. The van der Waals surface area contributed by atoms with Crippen LogP contribution in [0, 0.1) is 13.8 Å². The van der Waals surface area contributed by atoms with Gasteiger partial charge >= 0.3 is 0 Å². The molecule has 0 aliphatic carbocycles. The quantitative estimate of drug-likeness (QED) is 0.793. The highest BCUT2D eigenvalue weighted by atomic mass is 35.5. The van der Waals surface area contributed by atoms with E-state index in [0.29, 0.717) is 6.54 Å². The zero-order valence-corrected chi connectivity index (χ0v) is 11.0. The topological polar surface area (TPSA) is 43.6 Å². The van der Waals surface area contributed by atoms with Gasteiger partial charge in [0.1, 0.15) is 10.7 Å². The first-order valence-electron chi connectivity index (χ1n) is 5.03. The van der Waals surface area contributed by atoms with Crippen molar-refractivity contribution in [2.24, 2.45) is 0 Å². The fourth-order valence-corrected chi connectivity index (χ4v) is 2.34. The Hall–Kier alpha value is -0.940. The van der Waals surface area contributed by atoms with Crippen LogP contribution in [-0.2, 0) is 6.54 Å². The lowest BCUT2D eigenvalue weighted by atomic mass is 10.4. The van der Waals surface area contributed by atoms with E-state index >= 15 is 0 Å². The molecule has 16 heavy (non-hydrogen) atoms. The number of hydrogen-bond donors (Lipinski definition) is 0. The molecule has 2 rings (SSSR count). The first-order chi connectivity index (χ1) is 7.56. The van der Waals surface area contributed by atoms with Crippen molar-refractivity contribution in [1.82, 2.24) is 20.0 Å². The lowest BCUT2D eigenvalue weighted by Crippen LogP contribution is -1.99. The molecule has 0 saturated carbocycles. The van der Waals surface area contributed by atoms with Crippen molar-refractivity contribution in [3.8, 4) is 0 Å². The van der Waals surface area contributed by atoms with Gasteiger partial charge in [-0.3, -0.25) is 0 Å². The number of alkyl halides is 1. The number of aryl methyl sites for hydroxylation is 2. The third-order valence-electron chi connectivity index (χ3n) is 2.33. The van der Waals surface area contributed by atoms with E-state index in [1.165, 1.54) is 4.88 Å². The Morgan fingerprint density at radius 2 is 2.25 bits per heavy atom. The van der Waals surface area contributed by atoms with Crippen molar-refractivity contribution in [3.05, 3.63) is 27.5 Å². The summed E-state index contributed by atoms with van der Waals surface area (Å²) in [6.07, 6.45) is 1.86. The molecule has 0 N–H and O–H groups in total. The number of halogens is 1. The minimum Gasteiger partial charge on any atom is -0.245 e. The molecule has 1 atom stereocenters. The molecule has 0 saturated heterocycles. The molecule has 86 valence electrons. The van der Waals surface area contributed by atoms with E-state index < -0.39 is 0 Å². The summed E-state index contributed by atoms with van der Waals surface area (Å²) in [7, 11) is 0. The van der Waals surface area contributed by atoms with Gasteiger partial charge in [-0.05, 0) is 20.8 Å². The van der Waals surface area contributed by atoms with Crippen molar-refractivity contribution < 1.29 is 0 Å². The summed E-state index contributed by atoms with van der Waals surface area (Å²) < 4.78 is 1.77. The molecular weight excluding hydrogens is 244 g/mol. The molecule has 4 nitrogen and oxygen atoms in total. The minimum absolute atomic E-state index is 0.103. The second kappa shape index (κ2) is 4.51. The van der Waals surface area contributed by atoms with E-state index in [1.54, 1.807) is 16.0 Å². The van der Waals surface area contributed by atoms with Gasteiger partial charge in [0.2, 0.25) is 0 Å². The predicted molar refractivity (Wildman–Crippen MR) is 65.0 cm³/mol. The normalized spacial score (nSPS) is 13.0. The van der Waals surface area contributed by atoms with Crippen LogP contribution in [0.4, 0.5) is 0 Å². The van der Waals surface area contributed by atoms with E-state index in [0.717, 1.165) is 16.4 Å². The van der Waals surface area contributed by atoms with Crippen molar-refractivity contribution >= 4 is 22.9 Å². The van der Waals surface area contributed by atoms with Gasteiger partial charge in [0, 0.05) is 4.88 Å². The van der Waals surface area contributed by atoms with Crippen LogP contribution in [0.25, 0.3) is 0 Å². The van der Waals surface area contributed by atoms with Gasteiger partial charge in [-0.1, -0.05) is 5.21 Å². The zero-order chi connectivity index (χ0) is 11.7. The van der Waals surface area contributed by atoms with Crippen LogP contribution in [0.15, 0.2) is 6.20 Å². The summed E-state index contributed by atoms with van der Waals surface area (Å²) in [5.41, 5.74) is 1.89. The molecule has 0 aromatic carbocycles. The Morgan fingerprint density at radius 1 is 1.50 bits per heavy atom. The van der Waals surface area contributed by atoms with Crippen LogP contribution in [0.5, 0.6) is 0 Å². The molecule has 0 bridgehead atoms. The van der Waals surface area contributed by atoms with Gasteiger partial charge in [-0.25, -0.2) is 9.67 Å². The standard InChI is InChI=1S/C10H13ClN4S/c1-6(11)9-4-15(14-13-9)5-10-12-7(2)8(3)16-10/h4,6H,5H2,1-3H3. The van der Waals surface area contributed by atoms with Crippen LogP contribution in [0.1, 0.15) is 33.6 Å². The third kappa shape index (κ3) is 2.41. The smallest absolute Gasteiger partial charge is 0.115 e. The zero-order valence-electron chi connectivity index (χ0n) is 9.44. The fraction of sp³-hybridized carbons (Fsp3) is 0.500. The summed E-state index contributed by atoms with van der Waals surface area (Å²) in [5.74, 6) is 0. The number of nitrogens with zero attached hydrogens (tertiary/aromatic N) is 4. The van der Waals surface area contributed by atoms with Gasteiger partial charge in [-0.15, -0.1) is 28.0 Å². The van der Waals surface area contributed by atoms with Crippen LogP contribution in [0.2, 0.25) is 0 Å². The highest BCUT2D eigenvalue weighted by molar-refractivity contribution is 7.11. The second-order valence-electron chi connectivity index (χ2n) is 3.71. The summed E-state index contributed by atoms with van der Waals surface area (Å²) in [4.78, 5) is 5.71. The SMILES string of the molecule is Cc1nc(Cn2cc(C(C)Cl)nn2)sc1C. The summed E-state index contributed by atoms with van der Waals surface area (Å²) in [6.45, 7) is 6.64. The lowest BCUT2D eigenvalue weighted by molar-refractivity contribution is 0.646. The average molecular weight is 257 g/mol.